The van der Waals surface area contributed by atoms with E-state index in [4.69, 9.17) is 4.74 Å². The number of hydrogen-bond donors (Lipinski definition) is 2. The topological polar surface area (TPSA) is 99.4 Å². The molecule has 144 valence electrons. The Bertz CT molecular complexity index is 829. The third-order valence-corrected chi connectivity index (χ3v) is 4.43. The summed E-state index contributed by atoms with van der Waals surface area (Å²) >= 11 is 0. The highest BCUT2D eigenvalue weighted by Gasteiger charge is 2.62. The summed E-state index contributed by atoms with van der Waals surface area (Å²) in [5.74, 6) is -4.58. The summed E-state index contributed by atoms with van der Waals surface area (Å²) in [4.78, 5) is 24.9. The van der Waals surface area contributed by atoms with E-state index in [2.05, 4.69) is 5.32 Å². The molecule has 0 spiro atoms. The number of nitrogens with one attached hydrogen (secondary N) is 1. The molecule has 0 saturated carbocycles. The largest absolute Gasteiger partial charge is 0.480 e. The van der Waals surface area contributed by atoms with Gasteiger partial charge < -0.3 is 15.2 Å². The fourth-order valence-electron chi connectivity index (χ4n) is 3.29. The van der Waals surface area contributed by atoms with E-state index in [1.54, 1.807) is 6.07 Å². The minimum Gasteiger partial charge on any atom is -0.480 e. The number of benzene rings is 1. The van der Waals surface area contributed by atoms with Gasteiger partial charge in [-0.15, -0.1) is 0 Å². The van der Waals surface area contributed by atoms with Crippen LogP contribution in [0.2, 0.25) is 0 Å². The molecule has 1 aromatic carbocycles. The number of nitrogens with zero attached hydrogens (tertiary/aromatic N) is 1. The number of alkyl halides is 3. The van der Waals surface area contributed by atoms with Crippen LogP contribution in [0.15, 0.2) is 36.0 Å². The van der Waals surface area contributed by atoms with Gasteiger partial charge in [0.05, 0.1) is 18.2 Å². The molecule has 0 saturated heterocycles. The monoisotopic (exact) mass is 382 g/mol. The van der Waals surface area contributed by atoms with Crippen LogP contribution in [0, 0.1) is 16.7 Å². The Balaban J connectivity index is 2.85. The van der Waals surface area contributed by atoms with Crippen molar-refractivity contribution >= 4 is 11.9 Å². The van der Waals surface area contributed by atoms with Gasteiger partial charge in [0.2, 0.25) is 5.41 Å². The van der Waals surface area contributed by atoms with E-state index in [-0.39, 0.29) is 12.3 Å². The number of hydrogen-bond acceptors (Lipinski definition) is 5. The molecule has 0 amide bonds. The van der Waals surface area contributed by atoms with E-state index in [1.165, 1.54) is 32.1 Å². The first-order valence-corrected chi connectivity index (χ1v) is 8.02. The van der Waals surface area contributed by atoms with E-state index >= 15 is 0 Å². The minimum atomic E-state index is -4.77. The summed E-state index contributed by atoms with van der Waals surface area (Å²) in [7, 11) is 0. The molecule has 0 fully saturated rings. The molecular weight excluding hydrogens is 365 g/mol. The maximum Gasteiger partial charge on any atom is 0.416 e. The summed E-state index contributed by atoms with van der Waals surface area (Å²) in [6.45, 7) is 2.72. The maximum atomic E-state index is 13.5. The highest BCUT2D eigenvalue weighted by Crippen LogP contribution is 2.48. The van der Waals surface area contributed by atoms with Crippen molar-refractivity contribution in [1.82, 2.24) is 5.32 Å². The molecule has 3 atom stereocenters. The van der Waals surface area contributed by atoms with Crippen molar-refractivity contribution in [3.8, 4) is 6.07 Å². The van der Waals surface area contributed by atoms with Crippen LogP contribution < -0.4 is 5.32 Å². The van der Waals surface area contributed by atoms with Crippen molar-refractivity contribution in [2.24, 2.45) is 5.41 Å². The zero-order valence-electron chi connectivity index (χ0n) is 14.5. The summed E-state index contributed by atoms with van der Waals surface area (Å²) < 4.78 is 45.4. The third kappa shape index (κ3) is 3.35. The second kappa shape index (κ2) is 7.31. The number of carboxylic acids is 1. The lowest BCUT2D eigenvalue weighted by Crippen LogP contribution is -2.60. The van der Waals surface area contributed by atoms with Crippen LogP contribution >= 0.6 is 0 Å². The number of carbonyl (C=O) groups is 2. The molecule has 1 aliphatic rings. The fraction of sp³-hybridized carbons (Fsp3) is 0.389. The number of carboxylic acid groups (broad SMARTS) is 1. The summed E-state index contributed by atoms with van der Waals surface area (Å²) in [6.07, 6.45) is -3.56. The summed E-state index contributed by atoms with van der Waals surface area (Å²) in [5, 5.41) is 21.9. The van der Waals surface area contributed by atoms with Gasteiger partial charge in [-0.2, -0.15) is 18.4 Å². The van der Waals surface area contributed by atoms with Crippen LogP contribution in [0.4, 0.5) is 13.2 Å². The number of allylic oxidation sites excluding steroid dienone is 2. The van der Waals surface area contributed by atoms with Gasteiger partial charge in [-0.05, 0) is 25.5 Å². The zero-order chi connectivity index (χ0) is 20.4. The second-order valence-corrected chi connectivity index (χ2v) is 6.01. The van der Waals surface area contributed by atoms with Crippen molar-refractivity contribution in [3.63, 3.8) is 0 Å². The quantitative estimate of drug-likeness (QED) is 0.614. The molecule has 0 aromatic heterocycles. The molecule has 0 radical (unpaired) electrons. The molecule has 6 nitrogen and oxygen atoms in total. The number of ether oxygens (including phenoxy) is 1. The number of rotatable bonds is 4. The smallest absolute Gasteiger partial charge is 0.416 e. The van der Waals surface area contributed by atoms with Gasteiger partial charge in [0, 0.05) is 11.6 Å². The number of aliphatic carboxylic acids is 1. The average Bonchev–Trinajstić information content (AvgIpc) is 2.60. The van der Waals surface area contributed by atoms with Crippen LogP contribution in [-0.4, -0.2) is 29.7 Å². The van der Waals surface area contributed by atoms with Gasteiger partial charge >= 0.3 is 18.1 Å². The zero-order valence-corrected chi connectivity index (χ0v) is 14.5. The van der Waals surface area contributed by atoms with Gasteiger partial charge in [0.15, 0.2) is 0 Å². The molecule has 2 rings (SSSR count). The van der Waals surface area contributed by atoms with Crippen molar-refractivity contribution in [3.05, 3.63) is 47.2 Å². The lowest BCUT2D eigenvalue weighted by atomic mass is 9.64. The Kier molecular flexibility index (Phi) is 5.49. The van der Waals surface area contributed by atoms with Gasteiger partial charge in [0.1, 0.15) is 6.04 Å². The maximum absolute atomic E-state index is 13.5. The predicted octanol–water partition coefficient (Wildman–Crippen LogP) is 2.82. The number of nitriles is 1. The first-order chi connectivity index (χ1) is 12.6. The molecule has 0 aliphatic carbocycles. The normalized spacial score (nSPS) is 25.0. The van der Waals surface area contributed by atoms with Crippen LogP contribution in [0.5, 0.6) is 0 Å². The van der Waals surface area contributed by atoms with E-state index in [0.717, 1.165) is 12.1 Å². The van der Waals surface area contributed by atoms with Crippen molar-refractivity contribution in [2.45, 2.75) is 32.0 Å². The average molecular weight is 382 g/mol. The highest BCUT2D eigenvalue weighted by atomic mass is 19.4. The van der Waals surface area contributed by atoms with Crippen LogP contribution in [0.25, 0.3) is 0 Å². The molecule has 0 bridgehead atoms. The molecular formula is C18H17F3N2O4. The molecule has 9 heteroatoms. The number of carbonyl (C=O) groups excluding carboxylic acids is 1. The van der Waals surface area contributed by atoms with Gasteiger partial charge in [-0.3, -0.25) is 9.59 Å². The van der Waals surface area contributed by atoms with Crippen LogP contribution in [0.1, 0.15) is 30.9 Å². The Morgan fingerprint density at radius 2 is 2.00 bits per heavy atom. The highest BCUT2D eigenvalue weighted by molar-refractivity contribution is 6.02. The Hall–Kier alpha value is -3.02. The predicted molar refractivity (Wildman–Crippen MR) is 87.2 cm³/mol. The van der Waals surface area contributed by atoms with Gasteiger partial charge in [-0.25, -0.2) is 0 Å². The molecule has 2 N–H and O–H groups in total. The van der Waals surface area contributed by atoms with Gasteiger partial charge in [0.25, 0.3) is 0 Å². The van der Waals surface area contributed by atoms with E-state index < -0.39 is 46.6 Å². The molecule has 27 heavy (non-hydrogen) atoms. The standard InChI is InChI=1S/C18H17F3N2O4/c1-3-27-16(26)17(15(24)25)13(8-10(2)23-14(17)9-22)11-6-4-5-7-12(11)18(19,20)21/h4-8,13-14,23H,3H2,1-2H3,(H,24,25). The third-order valence-electron chi connectivity index (χ3n) is 4.43. The molecule has 1 aliphatic heterocycles. The van der Waals surface area contributed by atoms with Gasteiger partial charge in [-0.1, -0.05) is 24.3 Å². The molecule has 3 unspecified atom stereocenters. The Labute approximate surface area is 153 Å². The number of esters is 1. The SMILES string of the molecule is CCOC(=O)C1(C(=O)O)C(C#N)NC(C)=CC1c1ccccc1C(F)(F)F. The van der Waals surface area contributed by atoms with Crippen LogP contribution in [0.3, 0.4) is 0 Å². The van der Waals surface area contributed by atoms with Crippen LogP contribution in [-0.2, 0) is 20.5 Å². The Morgan fingerprint density at radius 3 is 2.52 bits per heavy atom. The van der Waals surface area contributed by atoms with Crippen molar-refractivity contribution < 1.29 is 32.6 Å². The lowest BCUT2D eigenvalue weighted by molar-refractivity contribution is -0.172. The second-order valence-electron chi connectivity index (χ2n) is 6.01. The van der Waals surface area contributed by atoms with E-state index in [1.807, 2.05) is 0 Å². The first kappa shape index (κ1) is 20.3. The van der Waals surface area contributed by atoms with E-state index in [9.17, 15) is 33.1 Å². The van der Waals surface area contributed by atoms with Crippen molar-refractivity contribution in [2.75, 3.05) is 6.61 Å². The summed E-state index contributed by atoms with van der Waals surface area (Å²) in [5.41, 5.74) is -3.79. The minimum absolute atomic E-state index is 0.192. The lowest BCUT2D eigenvalue weighted by Gasteiger charge is -2.41. The van der Waals surface area contributed by atoms with E-state index in [0.29, 0.717) is 0 Å². The fourth-order valence-corrected chi connectivity index (χ4v) is 3.29. The Morgan fingerprint density at radius 1 is 1.37 bits per heavy atom. The van der Waals surface area contributed by atoms with Crippen molar-refractivity contribution in [1.29, 1.82) is 5.26 Å². The molecule has 1 aromatic rings. The summed E-state index contributed by atoms with van der Waals surface area (Å²) in [6, 6.07) is 4.46. The number of halogens is 3. The molecule has 1 heterocycles. The first-order valence-electron chi connectivity index (χ1n) is 8.02.